The fraction of sp³-hybridized carbons (Fsp3) is 0.667. The second kappa shape index (κ2) is 11.4. The van der Waals surface area contributed by atoms with Crippen LogP contribution in [0.25, 0.3) is 0 Å². The van der Waals surface area contributed by atoms with Gasteiger partial charge < -0.3 is 19.5 Å². The lowest BCUT2D eigenvalue weighted by molar-refractivity contribution is 0.0657. The zero-order chi connectivity index (χ0) is 17.4. The number of hydrogen-bond donors (Lipinski definition) is 1. The zero-order valence-electron chi connectivity index (χ0n) is 15.5. The van der Waals surface area contributed by atoms with Crippen molar-refractivity contribution in [2.45, 2.75) is 33.1 Å². The van der Waals surface area contributed by atoms with E-state index in [4.69, 9.17) is 4.42 Å². The number of amides is 1. The Bertz CT molecular complexity index is 523. The van der Waals surface area contributed by atoms with Crippen molar-refractivity contribution in [2.75, 3.05) is 39.8 Å². The third-order valence-corrected chi connectivity index (χ3v) is 4.30. The van der Waals surface area contributed by atoms with Crippen molar-refractivity contribution in [1.82, 2.24) is 15.1 Å². The first-order valence-electron chi connectivity index (χ1n) is 8.90. The molecule has 1 fully saturated rings. The highest BCUT2D eigenvalue weighted by molar-refractivity contribution is 14.0. The van der Waals surface area contributed by atoms with Gasteiger partial charge in [0.25, 0.3) is 5.91 Å². The number of nitrogens with one attached hydrogen (secondary N) is 1. The summed E-state index contributed by atoms with van der Waals surface area (Å²) in [4.78, 5) is 20.7. The zero-order valence-corrected chi connectivity index (χ0v) is 17.9. The average molecular weight is 462 g/mol. The number of aliphatic imine (C=N–C) groups is 1. The Morgan fingerprint density at radius 1 is 1.24 bits per heavy atom. The Hall–Kier alpha value is -1.25. The molecule has 142 valence electrons. The molecule has 0 spiro atoms. The number of nitrogens with zero attached hydrogens (tertiary/aromatic N) is 3. The number of guanidine groups is 1. The van der Waals surface area contributed by atoms with Gasteiger partial charge in [0.05, 0.1) is 6.26 Å². The quantitative estimate of drug-likeness (QED) is 0.306. The highest BCUT2D eigenvalue weighted by atomic mass is 127. The Morgan fingerprint density at radius 3 is 2.48 bits per heavy atom. The van der Waals surface area contributed by atoms with Crippen LogP contribution in [-0.4, -0.2) is 61.4 Å². The van der Waals surface area contributed by atoms with Gasteiger partial charge in [0.1, 0.15) is 0 Å². The molecule has 2 rings (SSSR count). The second-order valence-electron chi connectivity index (χ2n) is 6.62. The molecule has 1 N–H and O–H groups in total. The van der Waals surface area contributed by atoms with Gasteiger partial charge in [0.15, 0.2) is 11.7 Å². The van der Waals surface area contributed by atoms with Crippen LogP contribution >= 0.6 is 24.0 Å². The number of carbonyl (C=O) groups is 1. The number of rotatable bonds is 6. The molecule has 6 nitrogen and oxygen atoms in total. The highest BCUT2D eigenvalue weighted by Crippen LogP contribution is 2.10. The van der Waals surface area contributed by atoms with Gasteiger partial charge in [-0.15, -0.1) is 24.0 Å². The van der Waals surface area contributed by atoms with Gasteiger partial charge in [0, 0.05) is 39.8 Å². The third kappa shape index (κ3) is 6.87. The molecule has 1 aliphatic heterocycles. The van der Waals surface area contributed by atoms with Gasteiger partial charge >= 0.3 is 0 Å². The first-order chi connectivity index (χ1) is 11.6. The Morgan fingerprint density at radius 2 is 1.92 bits per heavy atom. The Balaban J connectivity index is 0.00000312. The van der Waals surface area contributed by atoms with E-state index in [0.717, 1.165) is 37.9 Å². The van der Waals surface area contributed by atoms with Crippen LogP contribution in [0.15, 0.2) is 27.8 Å². The molecule has 0 radical (unpaired) electrons. The molecule has 7 heteroatoms. The van der Waals surface area contributed by atoms with E-state index in [0.29, 0.717) is 18.8 Å². The van der Waals surface area contributed by atoms with E-state index >= 15 is 0 Å². The first-order valence-corrected chi connectivity index (χ1v) is 8.90. The monoisotopic (exact) mass is 462 g/mol. The van der Waals surface area contributed by atoms with Gasteiger partial charge in [0.2, 0.25) is 0 Å². The van der Waals surface area contributed by atoms with Crippen molar-refractivity contribution in [3.05, 3.63) is 24.2 Å². The van der Waals surface area contributed by atoms with Gasteiger partial charge in [-0.05, 0) is 24.5 Å². The van der Waals surface area contributed by atoms with Crippen LogP contribution in [0, 0.1) is 5.92 Å². The number of hydrogen-bond acceptors (Lipinski definition) is 3. The molecule has 0 bridgehead atoms. The average Bonchev–Trinajstić information content (AvgIpc) is 3.12. The second-order valence-corrected chi connectivity index (χ2v) is 6.62. The predicted octanol–water partition coefficient (Wildman–Crippen LogP) is 3.06. The normalized spacial score (nSPS) is 15.3. The van der Waals surface area contributed by atoms with Crippen molar-refractivity contribution in [1.29, 1.82) is 0 Å². The van der Waals surface area contributed by atoms with Crippen molar-refractivity contribution in [2.24, 2.45) is 10.9 Å². The smallest absolute Gasteiger partial charge is 0.289 e. The van der Waals surface area contributed by atoms with E-state index in [1.54, 1.807) is 12.1 Å². The van der Waals surface area contributed by atoms with Gasteiger partial charge in [-0.3, -0.25) is 9.79 Å². The molecular weight excluding hydrogens is 431 g/mol. The third-order valence-electron chi connectivity index (χ3n) is 4.30. The predicted molar refractivity (Wildman–Crippen MR) is 112 cm³/mol. The van der Waals surface area contributed by atoms with Crippen molar-refractivity contribution in [3.8, 4) is 0 Å². The van der Waals surface area contributed by atoms with Gasteiger partial charge in [-0.2, -0.15) is 0 Å². The number of halogens is 1. The molecule has 1 aromatic heterocycles. The molecule has 1 aromatic rings. The van der Waals surface area contributed by atoms with Crippen LogP contribution in [0.2, 0.25) is 0 Å². The maximum atomic E-state index is 12.3. The molecule has 0 aliphatic carbocycles. The van der Waals surface area contributed by atoms with Crippen LogP contribution < -0.4 is 5.32 Å². The minimum absolute atomic E-state index is 0. The largest absolute Gasteiger partial charge is 0.459 e. The van der Waals surface area contributed by atoms with Crippen LogP contribution in [0.3, 0.4) is 0 Å². The van der Waals surface area contributed by atoms with Crippen molar-refractivity contribution in [3.63, 3.8) is 0 Å². The van der Waals surface area contributed by atoms with E-state index < -0.39 is 0 Å². The maximum absolute atomic E-state index is 12.3. The molecular formula is C18H31IN4O2. The van der Waals surface area contributed by atoms with E-state index in [1.807, 2.05) is 11.9 Å². The van der Waals surface area contributed by atoms with Gasteiger partial charge in [-0.25, -0.2) is 0 Å². The Kier molecular flexibility index (Phi) is 9.92. The fourth-order valence-corrected chi connectivity index (χ4v) is 2.89. The SMILES string of the molecule is CN=C(NCCCCC(C)C)N1CCN(C(=O)c2ccco2)CC1.I. The van der Waals surface area contributed by atoms with Crippen molar-refractivity contribution < 1.29 is 9.21 Å². The summed E-state index contributed by atoms with van der Waals surface area (Å²) < 4.78 is 5.20. The van der Waals surface area contributed by atoms with Crippen LogP contribution in [0.1, 0.15) is 43.7 Å². The summed E-state index contributed by atoms with van der Waals surface area (Å²) in [6, 6.07) is 3.46. The van der Waals surface area contributed by atoms with E-state index in [1.165, 1.54) is 19.1 Å². The van der Waals surface area contributed by atoms with E-state index in [9.17, 15) is 4.79 Å². The number of furan rings is 1. The lowest BCUT2D eigenvalue weighted by atomic mass is 10.1. The molecule has 0 saturated carbocycles. The molecule has 0 aromatic carbocycles. The first kappa shape index (κ1) is 21.8. The Labute approximate surface area is 168 Å². The summed E-state index contributed by atoms with van der Waals surface area (Å²) in [5.41, 5.74) is 0. The molecule has 25 heavy (non-hydrogen) atoms. The summed E-state index contributed by atoms with van der Waals surface area (Å²) in [7, 11) is 1.82. The summed E-state index contributed by atoms with van der Waals surface area (Å²) in [6.45, 7) is 8.42. The van der Waals surface area contributed by atoms with Crippen LogP contribution in [-0.2, 0) is 0 Å². The van der Waals surface area contributed by atoms with E-state index in [-0.39, 0.29) is 29.9 Å². The van der Waals surface area contributed by atoms with Crippen molar-refractivity contribution >= 4 is 35.8 Å². The topological polar surface area (TPSA) is 61.1 Å². The number of carbonyl (C=O) groups excluding carboxylic acids is 1. The standard InChI is InChI=1S/C18H30N4O2.HI/c1-15(2)7-4-5-9-20-18(19-3)22-12-10-21(11-13-22)17(23)16-8-6-14-24-16;/h6,8,14-15H,4-5,7,9-13H2,1-3H3,(H,19,20);1H. The minimum atomic E-state index is -0.0312. The summed E-state index contributed by atoms with van der Waals surface area (Å²) in [5.74, 6) is 2.08. The molecule has 1 amide bonds. The summed E-state index contributed by atoms with van der Waals surface area (Å²) in [5, 5.41) is 3.44. The highest BCUT2D eigenvalue weighted by Gasteiger charge is 2.24. The summed E-state index contributed by atoms with van der Waals surface area (Å²) in [6.07, 6.45) is 5.21. The summed E-state index contributed by atoms with van der Waals surface area (Å²) >= 11 is 0. The van der Waals surface area contributed by atoms with Crippen LogP contribution in [0.4, 0.5) is 0 Å². The lowest BCUT2D eigenvalue weighted by Gasteiger charge is -2.36. The number of piperazine rings is 1. The fourth-order valence-electron chi connectivity index (χ4n) is 2.89. The van der Waals surface area contributed by atoms with Gasteiger partial charge in [-0.1, -0.05) is 26.7 Å². The number of unbranched alkanes of at least 4 members (excludes halogenated alkanes) is 1. The molecule has 2 heterocycles. The van der Waals surface area contributed by atoms with Crippen LogP contribution in [0.5, 0.6) is 0 Å². The maximum Gasteiger partial charge on any atom is 0.289 e. The molecule has 0 atom stereocenters. The van der Waals surface area contributed by atoms with E-state index in [2.05, 4.69) is 29.1 Å². The molecule has 1 saturated heterocycles. The molecule has 0 unspecified atom stereocenters. The molecule has 1 aliphatic rings. The minimum Gasteiger partial charge on any atom is -0.459 e. The lowest BCUT2D eigenvalue weighted by Crippen LogP contribution is -2.53.